The summed E-state index contributed by atoms with van der Waals surface area (Å²) in [6.45, 7) is 7.17. The molecule has 1 saturated carbocycles. The molecule has 0 aromatic rings. The average molecular weight is 255 g/mol. The first-order valence-electron chi connectivity index (χ1n) is 7.45. The SMILES string of the molecule is CO[C@H]1CC[C@H](N(C)CCN2CCNCC2)CC1. The highest BCUT2D eigenvalue weighted by Crippen LogP contribution is 2.23. The van der Waals surface area contributed by atoms with Gasteiger partial charge in [-0.05, 0) is 32.7 Å². The van der Waals surface area contributed by atoms with Crippen molar-refractivity contribution >= 4 is 0 Å². The summed E-state index contributed by atoms with van der Waals surface area (Å²) in [5, 5.41) is 3.41. The molecular weight excluding hydrogens is 226 g/mol. The van der Waals surface area contributed by atoms with Crippen molar-refractivity contribution < 1.29 is 4.74 Å². The van der Waals surface area contributed by atoms with E-state index in [0.717, 1.165) is 19.1 Å². The number of hydrogen-bond donors (Lipinski definition) is 1. The number of piperazine rings is 1. The summed E-state index contributed by atoms with van der Waals surface area (Å²) in [6.07, 6.45) is 5.59. The molecule has 1 aliphatic heterocycles. The maximum atomic E-state index is 5.44. The van der Waals surface area contributed by atoms with Gasteiger partial charge in [0.2, 0.25) is 0 Å². The van der Waals surface area contributed by atoms with Crippen LogP contribution < -0.4 is 5.32 Å². The molecule has 0 spiro atoms. The first-order valence-corrected chi connectivity index (χ1v) is 7.45. The van der Waals surface area contributed by atoms with E-state index in [4.69, 9.17) is 4.74 Å². The van der Waals surface area contributed by atoms with Crippen molar-refractivity contribution in [2.45, 2.75) is 37.8 Å². The van der Waals surface area contributed by atoms with E-state index in [1.54, 1.807) is 0 Å². The summed E-state index contributed by atoms with van der Waals surface area (Å²) in [5.74, 6) is 0. The van der Waals surface area contributed by atoms with Crippen molar-refractivity contribution in [3.05, 3.63) is 0 Å². The quantitative estimate of drug-likeness (QED) is 0.786. The molecule has 0 bridgehead atoms. The third-order valence-corrected chi connectivity index (χ3v) is 4.58. The fourth-order valence-corrected chi connectivity index (χ4v) is 3.14. The Kier molecular flexibility index (Phi) is 5.89. The second-order valence-corrected chi connectivity index (χ2v) is 5.74. The van der Waals surface area contributed by atoms with Crippen LogP contribution in [0.2, 0.25) is 0 Å². The lowest BCUT2D eigenvalue weighted by Crippen LogP contribution is -2.47. The van der Waals surface area contributed by atoms with E-state index in [9.17, 15) is 0 Å². The van der Waals surface area contributed by atoms with Gasteiger partial charge >= 0.3 is 0 Å². The second kappa shape index (κ2) is 7.43. The third-order valence-electron chi connectivity index (χ3n) is 4.58. The zero-order valence-corrected chi connectivity index (χ0v) is 12.0. The van der Waals surface area contributed by atoms with Crippen LogP contribution in [0.25, 0.3) is 0 Å². The summed E-state index contributed by atoms with van der Waals surface area (Å²) in [4.78, 5) is 5.14. The molecule has 4 heteroatoms. The van der Waals surface area contributed by atoms with E-state index < -0.39 is 0 Å². The van der Waals surface area contributed by atoms with Gasteiger partial charge in [0.1, 0.15) is 0 Å². The lowest BCUT2D eigenvalue weighted by molar-refractivity contribution is 0.0420. The average Bonchev–Trinajstić information content (AvgIpc) is 2.46. The molecule has 2 aliphatic rings. The smallest absolute Gasteiger partial charge is 0.0572 e. The van der Waals surface area contributed by atoms with Gasteiger partial charge in [-0.25, -0.2) is 0 Å². The van der Waals surface area contributed by atoms with Gasteiger partial charge in [-0.1, -0.05) is 0 Å². The van der Waals surface area contributed by atoms with Crippen LogP contribution in [0.15, 0.2) is 0 Å². The van der Waals surface area contributed by atoms with Gasteiger partial charge in [0.05, 0.1) is 6.10 Å². The summed E-state index contributed by atoms with van der Waals surface area (Å²) in [7, 11) is 4.14. The highest BCUT2D eigenvalue weighted by atomic mass is 16.5. The second-order valence-electron chi connectivity index (χ2n) is 5.74. The number of ether oxygens (including phenoxy) is 1. The molecule has 0 amide bonds. The van der Waals surface area contributed by atoms with E-state index in [1.165, 1.54) is 51.9 Å². The molecule has 106 valence electrons. The van der Waals surface area contributed by atoms with Crippen LogP contribution in [-0.4, -0.2) is 75.4 Å². The van der Waals surface area contributed by atoms with Gasteiger partial charge < -0.3 is 15.0 Å². The molecule has 18 heavy (non-hydrogen) atoms. The maximum Gasteiger partial charge on any atom is 0.0572 e. The number of methoxy groups -OCH3 is 1. The van der Waals surface area contributed by atoms with Crippen LogP contribution in [0.4, 0.5) is 0 Å². The maximum absolute atomic E-state index is 5.44. The Morgan fingerprint density at radius 2 is 1.83 bits per heavy atom. The van der Waals surface area contributed by atoms with Crippen molar-refractivity contribution in [3.8, 4) is 0 Å². The van der Waals surface area contributed by atoms with Crippen molar-refractivity contribution in [2.75, 3.05) is 53.4 Å². The Labute approximate surface area is 112 Å². The Bertz CT molecular complexity index is 223. The molecular formula is C14H29N3O. The van der Waals surface area contributed by atoms with E-state index in [2.05, 4.69) is 22.2 Å². The van der Waals surface area contributed by atoms with Gasteiger partial charge in [0.25, 0.3) is 0 Å². The Morgan fingerprint density at radius 3 is 2.44 bits per heavy atom. The largest absolute Gasteiger partial charge is 0.381 e. The van der Waals surface area contributed by atoms with Crippen LogP contribution in [0.3, 0.4) is 0 Å². The number of rotatable bonds is 5. The molecule has 0 radical (unpaired) electrons. The zero-order chi connectivity index (χ0) is 12.8. The molecule has 1 saturated heterocycles. The van der Waals surface area contributed by atoms with Gasteiger partial charge in [-0.3, -0.25) is 4.90 Å². The van der Waals surface area contributed by atoms with E-state index in [-0.39, 0.29) is 0 Å². The molecule has 0 atom stereocenters. The molecule has 0 aromatic heterocycles. The van der Waals surface area contributed by atoms with Crippen LogP contribution in [0.1, 0.15) is 25.7 Å². The molecule has 1 aliphatic carbocycles. The lowest BCUT2D eigenvalue weighted by atomic mass is 9.92. The van der Waals surface area contributed by atoms with Crippen LogP contribution >= 0.6 is 0 Å². The molecule has 4 nitrogen and oxygen atoms in total. The van der Waals surface area contributed by atoms with Gasteiger partial charge in [0.15, 0.2) is 0 Å². The normalized spacial score (nSPS) is 30.8. The van der Waals surface area contributed by atoms with Gasteiger partial charge in [0, 0.05) is 52.4 Å². The molecule has 1 N–H and O–H groups in total. The lowest BCUT2D eigenvalue weighted by Gasteiger charge is -2.36. The first-order chi connectivity index (χ1) is 8.79. The van der Waals surface area contributed by atoms with Crippen molar-refractivity contribution in [1.29, 1.82) is 0 Å². The molecule has 2 fully saturated rings. The Balaban J connectivity index is 1.63. The fraction of sp³-hybridized carbons (Fsp3) is 1.00. The highest BCUT2D eigenvalue weighted by Gasteiger charge is 2.23. The van der Waals surface area contributed by atoms with Gasteiger partial charge in [-0.15, -0.1) is 0 Å². The number of hydrogen-bond acceptors (Lipinski definition) is 4. The molecule has 0 unspecified atom stereocenters. The number of nitrogens with zero attached hydrogens (tertiary/aromatic N) is 2. The van der Waals surface area contributed by atoms with E-state index >= 15 is 0 Å². The minimum Gasteiger partial charge on any atom is -0.381 e. The van der Waals surface area contributed by atoms with Crippen LogP contribution in [0.5, 0.6) is 0 Å². The summed E-state index contributed by atoms with van der Waals surface area (Å²) >= 11 is 0. The first kappa shape index (κ1) is 14.3. The Morgan fingerprint density at radius 1 is 1.17 bits per heavy atom. The molecule has 2 rings (SSSR count). The van der Waals surface area contributed by atoms with Crippen LogP contribution in [0, 0.1) is 0 Å². The Hall–Kier alpha value is -0.160. The summed E-state index contributed by atoms with van der Waals surface area (Å²) in [5.41, 5.74) is 0. The van der Waals surface area contributed by atoms with Crippen LogP contribution in [-0.2, 0) is 4.74 Å². The van der Waals surface area contributed by atoms with Crippen molar-refractivity contribution in [3.63, 3.8) is 0 Å². The molecule has 0 aromatic carbocycles. The zero-order valence-electron chi connectivity index (χ0n) is 12.0. The fourth-order valence-electron chi connectivity index (χ4n) is 3.14. The third kappa shape index (κ3) is 4.19. The van der Waals surface area contributed by atoms with E-state index in [0.29, 0.717) is 6.10 Å². The predicted octanol–water partition coefficient (Wildman–Crippen LogP) is 0.781. The number of likely N-dealkylation sites (N-methyl/N-ethyl adjacent to an activating group) is 1. The van der Waals surface area contributed by atoms with Crippen molar-refractivity contribution in [1.82, 2.24) is 15.1 Å². The predicted molar refractivity (Wildman–Crippen MR) is 75.0 cm³/mol. The topological polar surface area (TPSA) is 27.7 Å². The molecule has 1 heterocycles. The van der Waals surface area contributed by atoms with Crippen molar-refractivity contribution in [2.24, 2.45) is 0 Å². The van der Waals surface area contributed by atoms with Gasteiger partial charge in [-0.2, -0.15) is 0 Å². The number of nitrogens with one attached hydrogen (secondary N) is 1. The minimum absolute atomic E-state index is 0.516. The standard InChI is InChI=1S/C14H29N3O/c1-16(11-12-17-9-7-15-8-10-17)13-3-5-14(18-2)6-4-13/h13-15H,3-12H2,1-2H3/t13-,14-. The summed E-state index contributed by atoms with van der Waals surface area (Å²) < 4.78 is 5.44. The van der Waals surface area contributed by atoms with E-state index in [1.807, 2.05) is 7.11 Å². The monoisotopic (exact) mass is 255 g/mol. The summed E-state index contributed by atoms with van der Waals surface area (Å²) in [6, 6.07) is 0.777. The highest BCUT2D eigenvalue weighted by molar-refractivity contribution is 4.79. The minimum atomic E-state index is 0.516.